The van der Waals surface area contributed by atoms with E-state index >= 15 is 0 Å². The Morgan fingerprint density at radius 1 is 1.38 bits per heavy atom. The van der Waals surface area contributed by atoms with Crippen LogP contribution in [0.5, 0.6) is 0 Å². The third-order valence-electron chi connectivity index (χ3n) is 4.05. The van der Waals surface area contributed by atoms with Crippen LogP contribution in [0.1, 0.15) is 29.0 Å². The average Bonchev–Trinajstić information content (AvgIpc) is 2.54. The van der Waals surface area contributed by atoms with E-state index in [1.54, 1.807) is 31.2 Å². The number of nitrogens with zero attached hydrogens (tertiary/aromatic N) is 3. The molecule has 0 radical (unpaired) electrons. The minimum absolute atomic E-state index is 0.144. The molecule has 2 heterocycles. The normalized spacial score (nSPS) is 17.8. The minimum Gasteiger partial charge on any atom is -0.391 e. The lowest BCUT2D eigenvalue weighted by molar-refractivity contribution is 0.0466. The number of benzene rings is 1. The molecular weight excluding hydrogens is 330 g/mol. The molecule has 2 aromatic rings. The number of aryl methyl sites for hydroxylation is 1. The lowest BCUT2D eigenvalue weighted by Gasteiger charge is -2.29. The standard InChI is InChI=1S/C17H18ClN3O3/c1-11-8-15(23)16(17(24)20-7-3-6-14(22)10-20)19-21(11)13-5-2-4-12(18)9-13/h2,4-5,8-9,14,22H,3,6-7,10H2,1H3. The summed E-state index contributed by atoms with van der Waals surface area (Å²) in [6.07, 6.45) is 0.822. The van der Waals surface area contributed by atoms with Gasteiger partial charge < -0.3 is 10.0 Å². The molecule has 1 atom stereocenters. The fraction of sp³-hybridized carbons (Fsp3) is 0.353. The topological polar surface area (TPSA) is 75.4 Å². The second-order valence-corrected chi connectivity index (χ2v) is 6.37. The van der Waals surface area contributed by atoms with Gasteiger partial charge in [0.1, 0.15) is 0 Å². The summed E-state index contributed by atoms with van der Waals surface area (Å²) >= 11 is 6.01. The van der Waals surface area contributed by atoms with Gasteiger partial charge in [-0.25, -0.2) is 4.68 Å². The molecule has 7 heteroatoms. The quantitative estimate of drug-likeness (QED) is 0.898. The molecule has 1 amide bonds. The van der Waals surface area contributed by atoms with Crippen LogP contribution < -0.4 is 5.43 Å². The molecule has 0 spiro atoms. The molecular formula is C17H18ClN3O3. The van der Waals surface area contributed by atoms with Crippen LogP contribution in [0.2, 0.25) is 5.02 Å². The minimum atomic E-state index is -0.552. The number of piperidine rings is 1. The average molecular weight is 348 g/mol. The summed E-state index contributed by atoms with van der Waals surface area (Å²) < 4.78 is 1.53. The van der Waals surface area contributed by atoms with Gasteiger partial charge in [-0.3, -0.25) is 9.59 Å². The molecule has 1 aromatic carbocycles. The first-order valence-corrected chi connectivity index (χ1v) is 8.18. The van der Waals surface area contributed by atoms with E-state index in [2.05, 4.69) is 5.10 Å². The van der Waals surface area contributed by atoms with E-state index in [9.17, 15) is 14.7 Å². The molecule has 24 heavy (non-hydrogen) atoms. The maximum absolute atomic E-state index is 12.6. The van der Waals surface area contributed by atoms with Crippen LogP contribution in [0.25, 0.3) is 5.69 Å². The smallest absolute Gasteiger partial charge is 0.278 e. The molecule has 1 saturated heterocycles. The molecule has 1 fully saturated rings. The number of aliphatic hydroxyl groups is 1. The Labute approximate surface area is 144 Å². The number of hydrogen-bond acceptors (Lipinski definition) is 4. The summed E-state index contributed by atoms with van der Waals surface area (Å²) in [7, 11) is 0. The van der Waals surface area contributed by atoms with Crippen molar-refractivity contribution < 1.29 is 9.90 Å². The van der Waals surface area contributed by atoms with Gasteiger partial charge in [-0.2, -0.15) is 5.10 Å². The third-order valence-corrected chi connectivity index (χ3v) is 4.28. The van der Waals surface area contributed by atoms with E-state index in [1.807, 2.05) is 0 Å². The highest BCUT2D eigenvalue weighted by Crippen LogP contribution is 2.16. The zero-order valence-electron chi connectivity index (χ0n) is 13.3. The van der Waals surface area contributed by atoms with E-state index in [-0.39, 0.29) is 12.2 Å². The number of halogens is 1. The second kappa shape index (κ2) is 6.75. The number of aliphatic hydroxyl groups excluding tert-OH is 1. The molecule has 126 valence electrons. The summed E-state index contributed by atoms with van der Waals surface area (Å²) in [6.45, 7) is 2.49. The van der Waals surface area contributed by atoms with Gasteiger partial charge in [0, 0.05) is 29.9 Å². The maximum atomic E-state index is 12.6. The van der Waals surface area contributed by atoms with Crippen LogP contribution in [-0.4, -0.2) is 44.9 Å². The number of carbonyl (C=O) groups is 1. The lowest BCUT2D eigenvalue weighted by atomic mass is 10.1. The van der Waals surface area contributed by atoms with Gasteiger partial charge in [0.05, 0.1) is 11.8 Å². The molecule has 0 bridgehead atoms. The van der Waals surface area contributed by atoms with Gasteiger partial charge in [0.25, 0.3) is 5.91 Å². The Bertz CT molecular complexity index is 834. The van der Waals surface area contributed by atoms with E-state index in [0.717, 1.165) is 0 Å². The molecule has 3 rings (SSSR count). The Balaban J connectivity index is 2.01. The number of aromatic nitrogens is 2. The third kappa shape index (κ3) is 3.34. The van der Waals surface area contributed by atoms with Crippen LogP contribution in [0, 0.1) is 6.92 Å². The maximum Gasteiger partial charge on any atom is 0.278 e. The highest BCUT2D eigenvalue weighted by molar-refractivity contribution is 6.30. The Hall–Kier alpha value is -2.18. The van der Waals surface area contributed by atoms with Gasteiger partial charge in [-0.15, -0.1) is 0 Å². The van der Waals surface area contributed by atoms with Gasteiger partial charge in [0.2, 0.25) is 5.43 Å². The van der Waals surface area contributed by atoms with Crippen LogP contribution in [-0.2, 0) is 0 Å². The van der Waals surface area contributed by atoms with Gasteiger partial charge >= 0.3 is 0 Å². The van der Waals surface area contributed by atoms with Crippen LogP contribution in [0.3, 0.4) is 0 Å². The first kappa shape index (κ1) is 16.7. The van der Waals surface area contributed by atoms with Crippen molar-refractivity contribution in [2.45, 2.75) is 25.9 Å². The highest BCUT2D eigenvalue weighted by atomic mass is 35.5. The number of amides is 1. The predicted octanol–water partition coefficient (Wildman–Crippen LogP) is 1.79. The van der Waals surface area contributed by atoms with Crippen molar-refractivity contribution >= 4 is 17.5 Å². The fourth-order valence-corrected chi connectivity index (χ4v) is 3.04. The molecule has 6 nitrogen and oxygen atoms in total. The molecule has 1 unspecified atom stereocenters. The van der Waals surface area contributed by atoms with E-state index in [0.29, 0.717) is 35.8 Å². The second-order valence-electron chi connectivity index (χ2n) is 5.94. The molecule has 0 saturated carbocycles. The molecule has 1 aromatic heterocycles. The summed E-state index contributed by atoms with van der Waals surface area (Å²) in [5.41, 5.74) is 0.718. The Morgan fingerprint density at radius 2 is 2.17 bits per heavy atom. The summed E-state index contributed by atoms with van der Waals surface area (Å²) in [6, 6.07) is 8.42. The Morgan fingerprint density at radius 3 is 2.88 bits per heavy atom. The van der Waals surface area contributed by atoms with Crippen molar-refractivity contribution in [3.05, 3.63) is 57.0 Å². The number of likely N-dealkylation sites (tertiary alicyclic amines) is 1. The molecule has 1 aliphatic heterocycles. The molecule has 1 N–H and O–H groups in total. The highest BCUT2D eigenvalue weighted by Gasteiger charge is 2.26. The van der Waals surface area contributed by atoms with Crippen molar-refractivity contribution in [3.63, 3.8) is 0 Å². The number of rotatable bonds is 2. The van der Waals surface area contributed by atoms with Gasteiger partial charge in [-0.1, -0.05) is 17.7 Å². The van der Waals surface area contributed by atoms with Crippen LogP contribution >= 0.6 is 11.6 Å². The SMILES string of the molecule is Cc1cc(=O)c(C(=O)N2CCCC(O)C2)nn1-c1cccc(Cl)c1. The van der Waals surface area contributed by atoms with Crippen molar-refractivity contribution in [1.29, 1.82) is 0 Å². The van der Waals surface area contributed by atoms with Crippen molar-refractivity contribution in [2.24, 2.45) is 0 Å². The largest absolute Gasteiger partial charge is 0.391 e. The van der Waals surface area contributed by atoms with Crippen molar-refractivity contribution in [3.8, 4) is 5.69 Å². The van der Waals surface area contributed by atoms with Crippen molar-refractivity contribution in [2.75, 3.05) is 13.1 Å². The van der Waals surface area contributed by atoms with Crippen LogP contribution in [0.15, 0.2) is 35.1 Å². The van der Waals surface area contributed by atoms with E-state index in [1.165, 1.54) is 15.6 Å². The van der Waals surface area contributed by atoms with E-state index in [4.69, 9.17) is 11.6 Å². The van der Waals surface area contributed by atoms with Crippen molar-refractivity contribution in [1.82, 2.24) is 14.7 Å². The lowest BCUT2D eigenvalue weighted by Crippen LogP contribution is -2.44. The zero-order valence-corrected chi connectivity index (χ0v) is 14.0. The molecule has 0 aliphatic carbocycles. The van der Waals surface area contributed by atoms with Gasteiger partial charge in [0.15, 0.2) is 5.69 Å². The summed E-state index contributed by atoms with van der Waals surface area (Å²) in [5.74, 6) is -0.450. The number of carbonyl (C=O) groups excluding carboxylic acids is 1. The summed E-state index contributed by atoms with van der Waals surface area (Å²) in [4.78, 5) is 26.4. The molecule has 1 aliphatic rings. The first-order valence-electron chi connectivity index (χ1n) is 7.80. The number of β-amino-alcohol motifs (C(OH)–C–C–N with tert-alkyl or cyclic N) is 1. The fourth-order valence-electron chi connectivity index (χ4n) is 2.85. The van der Waals surface area contributed by atoms with E-state index < -0.39 is 17.4 Å². The monoisotopic (exact) mass is 347 g/mol. The summed E-state index contributed by atoms with van der Waals surface area (Å²) in [5, 5.41) is 14.5. The Kier molecular flexibility index (Phi) is 4.69. The van der Waals surface area contributed by atoms with Gasteiger partial charge in [-0.05, 0) is 38.0 Å². The first-order chi connectivity index (χ1) is 11.5. The number of hydrogen-bond donors (Lipinski definition) is 1. The predicted molar refractivity (Wildman–Crippen MR) is 90.7 cm³/mol. The van der Waals surface area contributed by atoms with Crippen LogP contribution in [0.4, 0.5) is 0 Å². The zero-order chi connectivity index (χ0) is 17.3.